The zero-order chi connectivity index (χ0) is 13.7. The van der Waals surface area contributed by atoms with Crippen molar-refractivity contribution in [3.05, 3.63) is 76.5 Å². The molecule has 0 saturated carbocycles. The largest absolute Gasteiger partial charge is 0.624 e. The van der Waals surface area contributed by atoms with Crippen LogP contribution in [0.5, 0.6) is 0 Å². The smallest absolute Gasteiger partial charge is 0.336 e. The molecule has 0 aliphatic rings. The summed E-state index contributed by atoms with van der Waals surface area (Å²) >= 11 is 0. The lowest BCUT2D eigenvalue weighted by Gasteiger charge is -2.05. The van der Waals surface area contributed by atoms with Gasteiger partial charge in [-0.2, -0.15) is 0 Å². The summed E-state index contributed by atoms with van der Waals surface area (Å²) < 4.78 is 0.733. The van der Waals surface area contributed by atoms with Gasteiger partial charge in [-0.15, -0.1) is 0 Å². The fraction of sp³-hybridized carbons (Fsp3) is 0.0667. The molecule has 0 fully saturated rings. The lowest BCUT2D eigenvalue weighted by Crippen LogP contribution is -2.09. The van der Waals surface area contributed by atoms with Crippen LogP contribution in [0, 0.1) is 5.21 Å². The highest BCUT2D eigenvalue weighted by atomic mass is 16.5. The molecule has 0 radical (unpaired) electrons. The molecule has 4 nitrogen and oxygen atoms in total. The third-order valence-electron chi connectivity index (χ3n) is 2.66. The summed E-state index contributed by atoms with van der Waals surface area (Å²) in [5.41, 5.74) is 1.40. The van der Waals surface area contributed by atoms with E-state index in [0.717, 1.165) is 10.3 Å². The summed E-state index contributed by atoms with van der Waals surface area (Å²) in [5, 5.41) is 20.9. The van der Waals surface area contributed by atoms with Crippen LogP contribution < -0.4 is 0 Å². The minimum absolute atomic E-state index is 0.122. The second-order valence-electron chi connectivity index (χ2n) is 4.08. The van der Waals surface area contributed by atoms with Crippen molar-refractivity contribution in [3.63, 3.8) is 0 Å². The first kappa shape index (κ1) is 12.8. The van der Waals surface area contributed by atoms with E-state index in [1.54, 1.807) is 18.2 Å². The molecular weight excluding hydrogens is 242 g/mol. The van der Waals surface area contributed by atoms with Gasteiger partial charge in [0.1, 0.15) is 0 Å². The molecule has 19 heavy (non-hydrogen) atoms. The Morgan fingerprint density at radius 2 is 1.74 bits per heavy atom. The number of hydrogen-bond acceptors (Lipinski definition) is 2. The van der Waals surface area contributed by atoms with E-state index < -0.39 is 5.97 Å². The number of nitrogens with zero attached hydrogens (tertiary/aromatic N) is 1. The monoisotopic (exact) mass is 255 g/mol. The van der Waals surface area contributed by atoms with E-state index >= 15 is 0 Å². The number of hydroxylamine groups is 1. The van der Waals surface area contributed by atoms with E-state index in [1.807, 2.05) is 30.3 Å². The first-order valence-corrected chi connectivity index (χ1v) is 5.81. The topological polar surface area (TPSA) is 63.4 Å². The Morgan fingerprint density at radius 1 is 1.11 bits per heavy atom. The average Bonchev–Trinajstić information content (AvgIpc) is 2.40. The van der Waals surface area contributed by atoms with Gasteiger partial charge in [0.2, 0.25) is 0 Å². The highest BCUT2D eigenvalue weighted by molar-refractivity contribution is 5.97. The van der Waals surface area contributed by atoms with Gasteiger partial charge < -0.3 is 10.3 Å². The van der Waals surface area contributed by atoms with Crippen molar-refractivity contribution in [2.24, 2.45) is 0 Å². The zero-order valence-corrected chi connectivity index (χ0v) is 10.2. The van der Waals surface area contributed by atoms with Gasteiger partial charge in [-0.05, 0) is 12.1 Å². The molecule has 1 N–H and O–H groups in total. The third kappa shape index (κ3) is 3.42. The van der Waals surface area contributed by atoms with Crippen molar-refractivity contribution in [1.82, 2.24) is 0 Å². The van der Waals surface area contributed by atoms with Crippen LogP contribution in [-0.2, 0) is 6.54 Å². The number of rotatable bonds is 4. The van der Waals surface area contributed by atoms with Crippen LogP contribution in [0.15, 0.2) is 54.6 Å². The van der Waals surface area contributed by atoms with Crippen molar-refractivity contribution in [2.75, 3.05) is 0 Å². The summed E-state index contributed by atoms with van der Waals surface area (Å²) in [4.78, 5) is 11.0. The summed E-state index contributed by atoms with van der Waals surface area (Å²) in [5.74, 6) is -1.04. The lowest BCUT2D eigenvalue weighted by molar-refractivity contribution is -0.469. The maximum Gasteiger partial charge on any atom is 0.336 e. The average molecular weight is 255 g/mol. The Balaban J connectivity index is 2.24. The Labute approximate surface area is 110 Å². The van der Waals surface area contributed by atoms with Crippen LogP contribution in [0.3, 0.4) is 0 Å². The summed E-state index contributed by atoms with van der Waals surface area (Å²) in [6, 6.07) is 15.7. The molecular formula is C15H13NO3. The number of benzene rings is 2. The molecule has 0 saturated heterocycles. The van der Waals surface area contributed by atoms with Gasteiger partial charge in [0.25, 0.3) is 0 Å². The fourth-order valence-electron chi connectivity index (χ4n) is 1.77. The second-order valence-corrected chi connectivity index (χ2v) is 4.08. The number of aromatic carboxylic acids is 1. The van der Waals surface area contributed by atoms with Gasteiger partial charge in [-0.1, -0.05) is 42.5 Å². The third-order valence-corrected chi connectivity index (χ3v) is 2.66. The Kier molecular flexibility index (Phi) is 3.93. The number of carbonyl (C=O) groups is 1. The lowest BCUT2D eigenvalue weighted by atomic mass is 10.1. The van der Waals surface area contributed by atoms with Gasteiger partial charge in [-0.3, -0.25) is 0 Å². The van der Waals surface area contributed by atoms with Crippen LogP contribution in [0.2, 0.25) is 0 Å². The predicted octanol–water partition coefficient (Wildman–Crippen LogP) is 2.51. The molecule has 2 rings (SSSR count). The molecule has 0 bridgehead atoms. The molecule has 96 valence electrons. The quantitative estimate of drug-likeness (QED) is 0.395. The summed E-state index contributed by atoms with van der Waals surface area (Å²) in [7, 11) is 0. The van der Waals surface area contributed by atoms with Gasteiger partial charge in [0.15, 0.2) is 12.8 Å². The number of carboxylic acid groups (broad SMARTS) is 1. The van der Waals surface area contributed by atoms with E-state index in [2.05, 4.69) is 0 Å². The molecule has 0 amide bonds. The SMILES string of the molecule is O=C(O)c1ccccc1/C=[N+](\[O-])Cc1ccccc1. The first-order valence-electron chi connectivity index (χ1n) is 5.81. The minimum atomic E-state index is -1.04. The van der Waals surface area contributed by atoms with Crippen molar-refractivity contribution in [3.8, 4) is 0 Å². The molecule has 4 heteroatoms. The van der Waals surface area contributed by atoms with Gasteiger partial charge >= 0.3 is 5.97 Å². The van der Waals surface area contributed by atoms with Crippen LogP contribution in [0.4, 0.5) is 0 Å². The highest BCUT2D eigenvalue weighted by Gasteiger charge is 2.09. The zero-order valence-electron chi connectivity index (χ0n) is 10.2. The van der Waals surface area contributed by atoms with E-state index in [0.29, 0.717) is 5.56 Å². The number of carboxylic acids is 1. The molecule has 0 heterocycles. The Hall–Kier alpha value is -2.62. The second kappa shape index (κ2) is 5.82. The Morgan fingerprint density at radius 3 is 2.42 bits per heavy atom. The van der Waals surface area contributed by atoms with Gasteiger partial charge in [0, 0.05) is 5.56 Å². The maximum absolute atomic E-state index is 11.8. The normalized spacial score (nSPS) is 11.3. The fourth-order valence-corrected chi connectivity index (χ4v) is 1.77. The highest BCUT2D eigenvalue weighted by Crippen LogP contribution is 2.07. The van der Waals surface area contributed by atoms with Crippen LogP contribution >= 0.6 is 0 Å². The van der Waals surface area contributed by atoms with E-state index in [9.17, 15) is 10.0 Å². The van der Waals surface area contributed by atoms with Crippen LogP contribution in [0.1, 0.15) is 21.5 Å². The van der Waals surface area contributed by atoms with Crippen LogP contribution in [0.25, 0.3) is 0 Å². The first-order chi connectivity index (χ1) is 9.16. The molecule has 0 spiro atoms. The summed E-state index contributed by atoms with van der Waals surface area (Å²) in [6.45, 7) is 0.189. The molecule has 0 aliphatic carbocycles. The van der Waals surface area contributed by atoms with E-state index in [4.69, 9.17) is 5.11 Å². The standard InChI is InChI=1S/C15H13NO3/c17-15(18)14-9-5-4-8-13(14)11-16(19)10-12-6-2-1-3-7-12/h1-9,11H,10H2,(H,17,18)/b16-11-. The molecule has 2 aromatic carbocycles. The maximum atomic E-state index is 11.8. The van der Waals surface area contributed by atoms with Crippen molar-refractivity contribution in [1.29, 1.82) is 0 Å². The van der Waals surface area contributed by atoms with E-state index in [-0.39, 0.29) is 12.1 Å². The summed E-state index contributed by atoms with van der Waals surface area (Å²) in [6.07, 6.45) is 1.30. The Bertz CT molecular complexity index is 606. The molecule has 2 aromatic rings. The molecule has 0 atom stereocenters. The molecule has 0 unspecified atom stereocenters. The van der Waals surface area contributed by atoms with Crippen molar-refractivity contribution >= 4 is 12.2 Å². The van der Waals surface area contributed by atoms with Gasteiger partial charge in [-0.25, -0.2) is 9.53 Å². The predicted molar refractivity (Wildman–Crippen MR) is 72.3 cm³/mol. The number of hydrogen-bond donors (Lipinski definition) is 1. The van der Waals surface area contributed by atoms with Gasteiger partial charge in [0.05, 0.1) is 11.1 Å². The minimum Gasteiger partial charge on any atom is -0.624 e. The van der Waals surface area contributed by atoms with Crippen molar-refractivity contribution < 1.29 is 14.6 Å². The molecule has 0 aliphatic heterocycles. The van der Waals surface area contributed by atoms with Crippen molar-refractivity contribution in [2.45, 2.75) is 6.54 Å². The molecule has 0 aromatic heterocycles. The van der Waals surface area contributed by atoms with E-state index in [1.165, 1.54) is 12.3 Å². The van der Waals surface area contributed by atoms with Crippen LogP contribution in [-0.4, -0.2) is 22.0 Å².